The van der Waals surface area contributed by atoms with Crippen LogP contribution in [-0.4, -0.2) is 49.8 Å². The van der Waals surface area contributed by atoms with E-state index in [2.05, 4.69) is 17.3 Å². The fourth-order valence-corrected chi connectivity index (χ4v) is 2.46. The number of aliphatic hydroxyl groups is 1. The molecule has 1 atom stereocenters. The number of likely N-dealkylation sites (tertiary alicyclic amines) is 1. The number of methoxy groups -OCH3 is 1. The van der Waals surface area contributed by atoms with Crippen LogP contribution in [0.1, 0.15) is 24.5 Å². The van der Waals surface area contributed by atoms with Crippen molar-refractivity contribution < 1.29 is 9.84 Å². The predicted octanol–water partition coefficient (Wildman–Crippen LogP) is 1.41. The molecule has 0 spiro atoms. The van der Waals surface area contributed by atoms with Crippen molar-refractivity contribution >= 4 is 0 Å². The van der Waals surface area contributed by atoms with Crippen LogP contribution in [0.4, 0.5) is 0 Å². The van der Waals surface area contributed by atoms with Crippen molar-refractivity contribution in [3.63, 3.8) is 0 Å². The van der Waals surface area contributed by atoms with E-state index in [0.717, 1.165) is 37.2 Å². The molecule has 2 N–H and O–H groups in total. The maximum atomic E-state index is 10.2. The van der Waals surface area contributed by atoms with Gasteiger partial charge >= 0.3 is 0 Å². The van der Waals surface area contributed by atoms with Crippen molar-refractivity contribution in [2.45, 2.75) is 25.0 Å². The molecule has 1 aliphatic heterocycles. The first-order valence-electron chi connectivity index (χ1n) is 6.93. The van der Waals surface area contributed by atoms with Crippen molar-refractivity contribution in [1.29, 1.82) is 0 Å². The highest BCUT2D eigenvalue weighted by Gasteiger charge is 2.17. The Hall–Kier alpha value is -1.10. The van der Waals surface area contributed by atoms with Crippen molar-refractivity contribution in [2.24, 2.45) is 0 Å². The zero-order valence-corrected chi connectivity index (χ0v) is 11.8. The molecule has 0 amide bonds. The number of benzene rings is 1. The van der Waals surface area contributed by atoms with E-state index in [9.17, 15) is 5.11 Å². The first-order valence-corrected chi connectivity index (χ1v) is 6.93. The van der Waals surface area contributed by atoms with E-state index >= 15 is 0 Å². The zero-order valence-electron chi connectivity index (χ0n) is 11.8. The molecule has 4 heteroatoms. The molecule has 19 heavy (non-hydrogen) atoms. The molecule has 1 aromatic carbocycles. The van der Waals surface area contributed by atoms with Crippen LogP contribution in [0.25, 0.3) is 0 Å². The molecular weight excluding hydrogens is 240 g/mol. The molecule has 1 fully saturated rings. The summed E-state index contributed by atoms with van der Waals surface area (Å²) in [5.74, 6) is 0.788. The second-order valence-electron chi connectivity index (χ2n) is 5.28. The van der Waals surface area contributed by atoms with Crippen LogP contribution < -0.4 is 10.1 Å². The second-order valence-corrected chi connectivity index (χ2v) is 5.28. The first kappa shape index (κ1) is 14.3. The number of ether oxygens (including phenoxy) is 1. The lowest BCUT2D eigenvalue weighted by atomic mass is 10.0. The fourth-order valence-electron chi connectivity index (χ4n) is 2.46. The lowest BCUT2D eigenvalue weighted by molar-refractivity contribution is 0.157. The van der Waals surface area contributed by atoms with E-state index in [1.54, 1.807) is 7.11 Å². The lowest BCUT2D eigenvalue weighted by Crippen LogP contribution is -2.42. The SMILES string of the molecule is COc1cccc(C(O)CNC2CCN(C)CC2)c1. The number of piperidine rings is 1. The summed E-state index contributed by atoms with van der Waals surface area (Å²) in [7, 11) is 3.80. The number of aliphatic hydroxyl groups excluding tert-OH is 1. The van der Waals surface area contributed by atoms with Crippen molar-refractivity contribution in [2.75, 3.05) is 33.8 Å². The molecule has 1 saturated heterocycles. The van der Waals surface area contributed by atoms with E-state index < -0.39 is 6.10 Å². The van der Waals surface area contributed by atoms with Gasteiger partial charge in [-0.3, -0.25) is 0 Å². The number of hydrogen-bond donors (Lipinski definition) is 2. The highest BCUT2D eigenvalue weighted by molar-refractivity contribution is 5.29. The predicted molar refractivity (Wildman–Crippen MR) is 76.5 cm³/mol. The third kappa shape index (κ3) is 4.20. The number of nitrogens with zero attached hydrogens (tertiary/aromatic N) is 1. The summed E-state index contributed by atoms with van der Waals surface area (Å²) in [6.07, 6.45) is 1.83. The molecule has 0 aliphatic carbocycles. The zero-order chi connectivity index (χ0) is 13.7. The van der Waals surface area contributed by atoms with Gasteiger partial charge in [0.25, 0.3) is 0 Å². The molecule has 0 saturated carbocycles. The summed E-state index contributed by atoms with van der Waals surface area (Å²) in [6, 6.07) is 8.15. The summed E-state index contributed by atoms with van der Waals surface area (Å²) >= 11 is 0. The van der Waals surface area contributed by atoms with Crippen LogP contribution in [0.2, 0.25) is 0 Å². The molecule has 4 nitrogen and oxygen atoms in total. The van der Waals surface area contributed by atoms with Gasteiger partial charge < -0.3 is 20.1 Å². The van der Waals surface area contributed by atoms with Gasteiger partial charge in [0.15, 0.2) is 0 Å². The smallest absolute Gasteiger partial charge is 0.119 e. The van der Waals surface area contributed by atoms with E-state index in [4.69, 9.17) is 4.74 Å². The second kappa shape index (κ2) is 6.89. The Kier molecular flexibility index (Phi) is 5.19. The largest absolute Gasteiger partial charge is 0.497 e. The van der Waals surface area contributed by atoms with E-state index in [1.165, 1.54) is 0 Å². The first-order chi connectivity index (χ1) is 9.19. The van der Waals surface area contributed by atoms with E-state index in [0.29, 0.717) is 12.6 Å². The van der Waals surface area contributed by atoms with Gasteiger partial charge in [-0.25, -0.2) is 0 Å². The molecule has 0 bridgehead atoms. The van der Waals surface area contributed by atoms with Gasteiger partial charge in [0, 0.05) is 12.6 Å². The average molecular weight is 264 g/mol. The average Bonchev–Trinajstić information content (AvgIpc) is 2.46. The monoisotopic (exact) mass is 264 g/mol. The minimum absolute atomic E-state index is 0.477. The number of hydrogen-bond acceptors (Lipinski definition) is 4. The van der Waals surface area contributed by atoms with Gasteiger partial charge in [0.2, 0.25) is 0 Å². The van der Waals surface area contributed by atoms with Crippen LogP contribution in [0.15, 0.2) is 24.3 Å². The molecule has 0 radical (unpaired) electrons. The standard InChI is InChI=1S/C15H24N2O2/c1-17-8-6-13(7-9-17)16-11-15(18)12-4-3-5-14(10-12)19-2/h3-5,10,13,15-16,18H,6-9,11H2,1-2H3. The third-order valence-electron chi connectivity index (χ3n) is 3.80. The molecule has 1 aromatic rings. The highest BCUT2D eigenvalue weighted by Crippen LogP contribution is 2.19. The normalized spacial score (nSPS) is 19.3. The van der Waals surface area contributed by atoms with Crippen molar-refractivity contribution in [1.82, 2.24) is 10.2 Å². The fraction of sp³-hybridized carbons (Fsp3) is 0.600. The minimum atomic E-state index is -0.477. The Labute approximate surface area is 115 Å². The number of nitrogens with one attached hydrogen (secondary N) is 1. The molecule has 1 unspecified atom stereocenters. The van der Waals surface area contributed by atoms with Crippen molar-refractivity contribution in [3.8, 4) is 5.75 Å². The van der Waals surface area contributed by atoms with Crippen molar-refractivity contribution in [3.05, 3.63) is 29.8 Å². The molecule has 1 heterocycles. The Morgan fingerprint density at radius 2 is 2.16 bits per heavy atom. The van der Waals surface area contributed by atoms with Crippen LogP contribution in [0.5, 0.6) is 5.75 Å². The maximum Gasteiger partial charge on any atom is 0.119 e. The van der Waals surface area contributed by atoms with Crippen LogP contribution in [0.3, 0.4) is 0 Å². The summed E-state index contributed by atoms with van der Waals surface area (Å²) in [6.45, 7) is 2.86. The topological polar surface area (TPSA) is 44.7 Å². The molecule has 1 aliphatic rings. The van der Waals surface area contributed by atoms with Gasteiger partial charge in [-0.2, -0.15) is 0 Å². The quantitative estimate of drug-likeness (QED) is 0.844. The Morgan fingerprint density at radius 1 is 1.42 bits per heavy atom. The number of rotatable bonds is 5. The Morgan fingerprint density at radius 3 is 2.84 bits per heavy atom. The molecule has 106 valence electrons. The van der Waals surface area contributed by atoms with E-state index in [-0.39, 0.29) is 0 Å². The van der Waals surface area contributed by atoms with Gasteiger partial charge in [0.05, 0.1) is 13.2 Å². The maximum absolute atomic E-state index is 10.2. The van der Waals surface area contributed by atoms with Crippen LogP contribution >= 0.6 is 0 Å². The molecule has 2 rings (SSSR count). The molecule has 0 aromatic heterocycles. The van der Waals surface area contributed by atoms with Crippen LogP contribution in [0, 0.1) is 0 Å². The van der Waals surface area contributed by atoms with Gasteiger partial charge in [-0.15, -0.1) is 0 Å². The Balaban J connectivity index is 1.81. The lowest BCUT2D eigenvalue weighted by Gasteiger charge is -2.30. The van der Waals surface area contributed by atoms with Gasteiger partial charge in [0.1, 0.15) is 5.75 Å². The summed E-state index contributed by atoms with van der Waals surface area (Å²) in [4.78, 5) is 2.34. The van der Waals surface area contributed by atoms with Gasteiger partial charge in [-0.1, -0.05) is 12.1 Å². The molecular formula is C15H24N2O2. The summed E-state index contributed by atoms with van der Waals surface area (Å²) in [5.41, 5.74) is 0.903. The minimum Gasteiger partial charge on any atom is -0.497 e. The highest BCUT2D eigenvalue weighted by atomic mass is 16.5. The third-order valence-corrected chi connectivity index (χ3v) is 3.80. The summed E-state index contributed by atoms with van der Waals surface area (Å²) < 4.78 is 5.17. The Bertz CT molecular complexity index is 389. The van der Waals surface area contributed by atoms with Crippen LogP contribution in [-0.2, 0) is 0 Å². The summed E-state index contributed by atoms with van der Waals surface area (Å²) in [5, 5.41) is 13.7. The van der Waals surface area contributed by atoms with E-state index in [1.807, 2.05) is 24.3 Å². The van der Waals surface area contributed by atoms with Gasteiger partial charge in [-0.05, 0) is 50.7 Å².